The van der Waals surface area contributed by atoms with E-state index in [9.17, 15) is 13.2 Å². The number of hydrogen-bond acceptors (Lipinski definition) is 3. The van der Waals surface area contributed by atoms with E-state index < -0.39 is 16.1 Å². The largest absolute Gasteiger partial charge is 0.323 e. The number of urea groups is 1. The Morgan fingerprint density at radius 3 is 2.28 bits per heavy atom. The first-order valence-electron chi connectivity index (χ1n) is 7.49. The van der Waals surface area contributed by atoms with Crippen molar-refractivity contribution in [2.75, 3.05) is 27.2 Å². The molecule has 1 heterocycles. The van der Waals surface area contributed by atoms with E-state index in [1.165, 1.54) is 4.31 Å². The third-order valence-electron chi connectivity index (χ3n) is 3.67. The molecule has 6 nitrogen and oxygen atoms in total. The van der Waals surface area contributed by atoms with Crippen LogP contribution in [0.5, 0.6) is 0 Å². The number of carbonyl (C=O) groups is 1. The van der Waals surface area contributed by atoms with Gasteiger partial charge < -0.3 is 10.6 Å². The van der Waals surface area contributed by atoms with Crippen molar-refractivity contribution < 1.29 is 13.2 Å². The fraction of sp³-hybridized carbons (Fsp3) is 0.188. The van der Waals surface area contributed by atoms with Crippen LogP contribution in [0.3, 0.4) is 0 Å². The molecule has 0 aliphatic carbocycles. The monoisotopic (exact) mass is 399 g/mol. The van der Waals surface area contributed by atoms with Gasteiger partial charge in [-0.3, -0.25) is 4.31 Å². The molecule has 1 saturated heterocycles. The zero-order valence-electron chi connectivity index (χ0n) is 13.0. The normalized spacial score (nSPS) is 15.8. The second-order valence-corrected chi connectivity index (χ2v) is 8.35. The Morgan fingerprint density at radius 1 is 1.00 bits per heavy atom. The Labute approximate surface area is 155 Å². The zero-order valence-corrected chi connectivity index (χ0v) is 15.3. The second-order valence-electron chi connectivity index (χ2n) is 5.49. The maximum Gasteiger partial charge on any atom is 0.323 e. The third-order valence-corrected chi connectivity index (χ3v) is 6.10. The molecule has 2 aromatic carbocycles. The van der Waals surface area contributed by atoms with Crippen LogP contribution >= 0.6 is 23.2 Å². The molecular weight excluding hydrogens is 385 g/mol. The van der Waals surface area contributed by atoms with Crippen LogP contribution in [0.1, 0.15) is 6.42 Å². The number of sulfonamides is 1. The van der Waals surface area contributed by atoms with Gasteiger partial charge in [-0.2, -0.15) is 0 Å². The minimum atomic E-state index is -3.35. The average molecular weight is 400 g/mol. The van der Waals surface area contributed by atoms with Crippen molar-refractivity contribution in [3.05, 3.63) is 52.5 Å². The number of nitrogens with zero attached hydrogens (tertiary/aromatic N) is 1. The Bertz CT molecular complexity index is 901. The van der Waals surface area contributed by atoms with Gasteiger partial charge in [0, 0.05) is 22.9 Å². The topological polar surface area (TPSA) is 78.5 Å². The number of amides is 2. The third kappa shape index (κ3) is 4.18. The number of rotatable bonds is 3. The van der Waals surface area contributed by atoms with Crippen LogP contribution < -0.4 is 14.9 Å². The molecule has 9 heteroatoms. The van der Waals surface area contributed by atoms with E-state index in [4.69, 9.17) is 23.2 Å². The molecule has 0 unspecified atom stereocenters. The average Bonchev–Trinajstić information content (AvgIpc) is 2.90. The summed E-state index contributed by atoms with van der Waals surface area (Å²) in [6, 6.07) is 10.9. The molecule has 0 spiro atoms. The summed E-state index contributed by atoms with van der Waals surface area (Å²) in [6.07, 6.45) is 0.549. The number of anilines is 3. The first kappa shape index (κ1) is 17.8. The van der Waals surface area contributed by atoms with Crippen molar-refractivity contribution in [2.24, 2.45) is 0 Å². The minimum Gasteiger partial charge on any atom is -0.308 e. The van der Waals surface area contributed by atoms with Gasteiger partial charge in [-0.05, 0) is 48.9 Å². The van der Waals surface area contributed by atoms with Crippen molar-refractivity contribution in [1.29, 1.82) is 0 Å². The lowest BCUT2D eigenvalue weighted by Crippen LogP contribution is -2.26. The molecule has 1 fully saturated rings. The molecule has 25 heavy (non-hydrogen) atoms. The Hall–Kier alpha value is -1.96. The fourth-order valence-electron chi connectivity index (χ4n) is 2.52. The van der Waals surface area contributed by atoms with Crippen LogP contribution in [0.15, 0.2) is 42.5 Å². The molecule has 132 valence electrons. The molecule has 0 aromatic heterocycles. The predicted molar refractivity (Wildman–Crippen MR) is 101 cm³/mol. The molecule has 2 N–H and O–H groups in total. The number of halogens is 2. The number of hydrogen-bond donors (Lipinski definition) is 2. The molecule has 2 amide bonds. The summed E-state index contributed by atoms with van der Waals surface area (Å²) in [5.74, 6) is 0.0953. The Balaban J connectivity index is 1.76. The maximum absolute atomic E-state index is 12.1. The molecule has 1 aliphatic rings. The summed E-state index contributed by atoms with van der Waals surface area (Å²) in [6.45, 7) is 0.377. The number of nitrogens with one attached hydrogen (secondary N) is 2. The number of benzene rings is 2. The van der Waals surface area contributed by atoms with E-state index in [0.29, 0.717) is 40.1 Å². The van der Waals surface area contributed by atoms with Crippen molar-refractivity contribution >= 4 is 56.3 Å². The molecule has 0 bridgehead atoms. The van der Waals surface area contributed by atoms with Crippen LogP contribution in [-0.4, -0.2) is 26.7 Å². The van der Waals surface area contributed by atoms with E-state index in [1.54, 1.807) is 42.5 Å². The van der Waals surface area contributed by atoms with Crippen LogP contribution in [0.25, 0.3) is 0 Å². The summed E-state index contributed by atoms with van der Waals surface area (Å²) in [4.78, 5) is 12.1. The zero-order chi connectivity index (χ0) is 18.0. The molecule has 1 aliphatic heterocycles. The lowest BCUT2D eigenvalue weighted by molar-refractivity contribution is 0.262. The van der Waals surface area contributed by atoms with Gasteiger partial charge in [0.15, 0.2) is 0 Å². The van der Waals surface area contributed by atoms with Gasteiger partial charge in [-0.1, -0.05) is 23.2 Å². The van der Waals surface area contributed by atoms with Gasteiger partial charge in [-0.25, -0.2) is 13.2 Å². The highest BCUT2D eigenvalue weighted by atomic mass is 35.5. The molecular formula is C16H15Cl2N3O3S. The van der Waals surface area contributed by atoms with Crippen molar-refractivity contribution in [2.45, 2.75) is 6.42 Å². The van der Waals surface area contributed by atoms with E-state index in [1.807, 2.05) is 0 Å². The highest BCUT2D eigenvalue weighted by Crippen LogP contribution is 2.33. The lowest BCUT2D eigenvalue weighted by atomic mass is 10.2. The minimum absolute atomic E-state index is 0.0953. The summed E-state index contributed by atoms with van der Waals surface area (Å²) < 4.78 is 25.4. The van der Waals surface area contributed by atoms with Gasteiger partial charge in [0.25, 0.3) is 0 Å². The van der Waals surface area contributed by atoms with Crippen LogP contribution in [0.2, 0.25) is 10.0 Å². The lowest BCUT2D eigenvalue weighted by Gasteiger charge is -2.19. The van der Waals surface area contributed by atoms with E-state index >= 15 is 0 Å². The van der Waals surface area contributed by atoms with Gasteiger partial charge in [0.2, 0.25) is 10.0 Å². The standard InChI is InChI=1S/C16H15Cl2N3O3S/c17-11-2-4-12(5-3-11)19-16(22)20-13-6-7-14(18)15(10-13)21-8-1-9-25(21,23)24/h2-7,10H,1,8-9H2,(H2,19,20,22). The summed E-state index contributed by atoms with van der Waals surface area (Å²) in [5, 5.41) is 6.21. The highest BCUT2D eigenvalue weighted by Gasteiger charge is 2.30. The summed E-state index contributed by atoms with van der Waals surface area (Å²) in [7, 11) is -3.35. The Kier molecular flexibility index (Phi) is 5.08. The SMILES string of the molecule is O=C(Nc1ccc(Cl)cc1)Nc1ccc(Cl)c(N2CCCS2(=O)=O)c1. The Morgan fingerprint density at radius 2 is 1.64 bits per heavy atom. The van der Waals surface area contributed by atoms with Gasteiger partial charge >= 0.3 is 6.03 Å². The first-order chi connectivity index (χ1) is 11.8. The maximum atomic E-state index is 12.1. The smallest absolute Gasteiger partial charge is 0.308 e. The van der Waals surface area contributed by atoms with Gasteiger partial charge in [0.1, 0.15) is 0 Å². The van der Waals surface area contributed by atoms with Crippen LogP contribution in [0.4, 0.5) is 21.9 Å². The summed E-state index contributed by atoms with van der Waals surface area (Å²) >= 11 is 11.9. The molecule has 0 atom stereocenters. The van der Waals surface area contributed by atoms with Gasteiger partial charge in [-0.15, -0.1) is 0 Å². The van der Waals surface area contributed by atoms with Crippen LogP contribution in [-0.2, 0) is 10.0 Å². The van der Waals surface area contributed by atoms with Crippen molar-refractivity contribution in [3.63, 3.8) is 0 Å². The van der Waals surface area contributed by atoms with E-state index in [-0.39, 0.29) is 5.75 Å². The van der Waals surface area contributed by atoms with Crippen molar-refractivity contribution in [3.8, 4) is 0 Å². The highest BCUT2D eigenvalue weighted by molar-refractivity contribution is 7.93. The predicted octanol–water partition coefficient (Wildman–Crippen LogP) is 4.18. The molecule has 2 aromatic rings. The van der Waals surface area contributed by atoms with Gasteiger partial charge in [0.05, 0.1) is 16.5 Å². The quantitative estimate of drug-likeness (QED) is 0.812. The second kappa shape index (κ2) is 7.11. The molecule has 0 radical (unpaired) electrons. The molecule has 0 saturated carbocycles. The fourth-order valence-corrected chi connectivity index (χ4v) is 4.49. The van der Waals surface area contributed by atoms with Crippen molar-refractivity contribution in [1.82, 2.24) is 0 Å². The number of carbonyl (C=O) groups excluding carboxylic acids is 1. The van der Waals surface area contributed by atoms with Crippen LogP contribution in [0, 0.1) is 0 Å². The summed E-state index contributed by atoms with van der Waals surface area (Å²) in [5.41, 5.74) is 1.38. The molecule has 3 rings (SSSR count). The van der Waals surface area contributed by atoms with E-state index in [2.05, 4.69) is 10.6 Å². The first-order valence-corrected chi connectivity index (χ1v) is 9.85. The van der Waals surface area contributed by atoms with E-state index in [0.717, 1.165) is 0 Å².